The Bertz CT molecular complexity index is 213. The molecule has 3 atom stereocenters. The zero-order valence-electron chi connectivity index (χ0n) is 10.5. The Morgan fingerprint density at radius 3 is 2.47 bits per heavy atom. The third-order valence-electron chi connectivity index (χ3n) is 3.85. The monoisotopic (exact) mass is 211 g/mol. The zero-order chi connectivity index (χ0) is 11.4. The highest BCUT2D eigenvalue weighted by molar-refractivity contribution is 5.76. The van der Waals surface area contributed by atoms with Crippen molar-refractivity contribution in [3.8, 4) is 0 Å². The van der Waals surface area contributed by atoms with Crippen LogP contribution in [0, 0.1) is 17.8 Å². The Morgan fingerprint density at radius 1 is 1.33 bits per heavy atom. The van der Waals surface area contributed by atoms with Gasteiger partial charge in [-0.3, -0.25) is 4.79 Å². The molecule has 0 saturated heterocycles. The van der Waals surface area contributed by atoms with Crippen molar-refractivity contribution < 1.29 is 4.79 Å². The van der Waals surface area contributed by atoms with E-state index in [0.29, 0.717) is 30.2 Å². The average molecular weight is 211 g/mol. The second-order valence-electron chi connectivity index (χ2n) is 5.51. The smallest absolute Gasteiger partial charge is 0.220 e. The number of hydrogen-bond acceptors (Lipinski definition) is 1. The molecule has 1 amide bonds. The summed E-state index contributed by atoms with van der Waals surface area (Å²) in [5.41, 5.74) is 0. The molecular weight excluding hydrogens is 186 g/mol. The molecule has 0 spiro atoms. The Morgan fingerprint density at radius 2 is 2.00 bits per heavy atom. The molecule has 1 rings (SSSR count). The van der Waals surface area contributed by atoms with Crippen LogP contribution < -0.4 is 5.32 Å². The number of rotatable bonds is 4. The molecule has 0 aliphatic heterocycles. The van der Waals surface area contributed by atoms with E-state index in [-0.39, 0.29) is 5.91 Å². The fourth-order valence-electron chi connectivity index (χ4n) is 2.15. The SMILES string of the molecule is CC(C)C(C)CC(=O)NC1CCCC1C. The van der Waals surface area contributed by atoms with E-state index in [1.54, 1.807) is 0 Å². The first kappa shape index (κ1) is 12.5. The molecule has 1 fully saturated rings. The van der Waals surface area contributed by atoms with Crippen molar-refractivity contribution in [2.45, 2.75) is 59.4 Å². The standard InChI is InChI=1S/C13H25NO/c1-9(2)11(4)8-13(15)14-12-7-5-6-10(12)3/h9-12H,5-8H2,1-4H3,(H,14,15). The normalized spacial score (nSPS) is 28.1. The van der Waals surface area contributed by atoms with Gasteiger partial charge in [-0.2, -0.15) is 0 Å². The first-order valence-electron chi connectivity index (χ1n) is 6.30. The maximum Gasteiger partial charge on any atom is 0.220 e. The number of carbonyl (C=O) groups is 1. The Hall–Kier alpha value is -0.530. The van der Waals surface area contributed by atoms with Gasteiger partial charge in [0.05, 0.1) is 0 Å². The lowest BCUT2D eigenvalue weighted by atomic mass is 9.94. The Labute approximate surface area is 93.8 Å². The van der Waals surface area contributed by atoms with Crippen LogP contribution in [0.25, 0.3) is 0 Å². The molecule has 3 unspecified atom stereocenters. The molecular formula is C13H25NO. The van der Waals surface area contributed by atoms with Crippen molar-refractivity contribution in [2.75, 3.05) is 0 Å². The number of hydrogen-bond donors (Lipinski definition) is 1. The zero-order valence-corrected chi connectivity index (χ0v) is 10.5. The summed E-state index contributed by atoms with van der Waals surface area (Å²) in [4.78, 5) is 11.7. The number of amides is 1. The molecule has 0 aromatic rings. The summed E-state index contributed by atoms with van der Waals surface area (Å²) in [6, 6.07) is 0.442. The lowest BCUT2D eigenvalue weighted by molar-refractivity contribution is -0.123. The van der Waals surface area contributed by atoms with Gasteiger partial charge in [0.1, 0.15) is 0 Å². The molecule has 1 aliphatic carbocycles. The second-order valence-corrected chi connectivity index (χ2v) is 5.51. The number of carbonyl (C=O) groups excluding carboxylic acids is 1. The van der Waals surface area contributed by atoms with Gasteiger partial charge in [0.15, 0.2) is 0 Å². The van der Waals surface area contributed by atoms with Gasteiger partial charge in [-0.1, -0.05) is 34.1 Å². The van der Waals surface area contributed by atoms with Gasteiger partial charge in [0.25, 0.3) is 0 Å². The second kappa shape index (κ2) is 5.53. The van der Waals surface area contributed by atoms with Crippen molar-refractivity contribution in [3.63, 3.8) is 0 Å². The summed E-state index contributed by atoms with van der Waals surface area (Å²) in [7, 11) is 0. The predicted molar refractivity (Wildman–Crippen MR) is 63.6 cm³/mol. The third-order valence-corrected chi connectivity index (χ3v) is 3.85. The maximum absolute atomic E-state index is 11.7. The van der Waals surface area contributed by atoms with Gasteiger partial charge in [0.2, 0.25) is 5.91 Å². The summed E-state index contributed by atoms with van der Waals surface area (Å²) < 4.78 is 0. The first-order chi connectivity index (χ1) is 7.00. The minimum absolute atomic E-state index is 0.245. The van der Waals surface area contributed by atoms with E-state index >= 15 is 0 Å². The molecule has 0 radical (unpaired) electrons. The van der Waals surface area contributed by atoms with Gasteiger partial charge in [-0.15, -0.1) is 0 Å². The van der Waals surface area contributed by atoms with E-state index in [1.165, 1.54) is 19.3 Å². The number of nitrogens with one attached hydrogen (secondary N) is 1. The van der Waals surface area contributed by atoms with Crippen molar-refractivity contribution in [2.24, 2.45) is 17.8 Å². The molecule has 2 nitrogen and oxygen atoms in total. The van der Waals surface area contributed by atoms with Crippen LogP contribution in [0.1, 0.15) is 53.4 Å². The first-order valence-corrected chi connectivity index (χ1v) is 6.30. The topological polar surface area (TPSA) is 29.1 Å². The van der Waals surface area contributed by atoms with Gasteiger partial charge < -0.3 is 5.32 Å². The van der Waals surface area contributed by atoms with Crippen LogP contribution in [-0.4, -0.2) is 11.9 Å². The van der Waals surface area contributed by atoms with E-state index in [1.807, 2.05) is 0 Å². The fourth-order valence-corrected chi connectivity index (χ4v) is 2.15. The van der Waals surface area contributed by atoms with Gasteiger partial charge in [-0.25, -0.2) is 0 Å². The predicted octanol–water partition coefficient (Wildman–Crippen LogP) is 2.97. The van der Waals surface area contributed by atoms with Crippen molar-refractivity contribution in [3.05, 3.63) is 0 Å². The van der Waals surface area contributed by atoms with Crippen molar-refractivity contribution >= 4 is 5.91 Å². The Balaban J connectivity index is 2.29. The lowest BCUT2D eigenvalue weighted by Gasteiger charge is -2.20. The van der Waals surface area contributed by atoms with E-state index < -0.39 is 0 Å². The van der Waals surface area contributed by atoms with Crippen LogP contribution in [0.4, 0.5) is 0 Å². The molecule has 0 aromatic heterocycles. The van der Waals surface area contributed by atoms with Gasteiger partial charge >= 0.3 is 0 Å². The van der Waals surface area contributed by atoms with Crippen LogP contribution in [0.15, 0.2) is 0 Å². The highest BCUT2D eigenvalue weighted by Crippen LogP contribution is 2.25. The van der Waals surface area contributed by atoms with Gasteiger partial charge in [-0.05, 0) is 30.6 Å². The molecule has 1 N–H and O–H groups in total. The molecule has 88 valence electrons. The largest absolute Gasteiger partial charge is 0.353 e. The van der Waals surface area contributed by atoms with Gasteiger partial charge in [0, 0.05) is 12.5 Å². The fraction of sp³-hybridized carbons (Fsp3) is 0.923. The molecule has 2 heteroatoms. The minimum Gasteiger partial charge on any atom is -0.353 e. The van der Waals surface area contributed by atoms with Crippen LogP contribution in [0.3, 0.4) is 0 Å². The maximum atomic E-state index is 11.7. The van der Waals surface area contributed by atoms with Crippen LogP contribution >= 0.6 is 0 Å². The van der Waals surface area contributed by atoms with E-state index in [0.717, 1.165) is 0 Å². The summed E-state index contributed by atoms with van der Waals surface area (Å²) in [5.74, 6) is 2.00. The molecule has 15 heavy (non-hydrogen) atoms. The van der Waals surface area contributed by atoms with E-state index in [2.05, 4.69) is 33.0 Å². The molecule has 0 bridgehead atoms. The Kier molecular flexibility index (Phi) is 4.62. The molecule has 0 heterocycles. The lowest BCUT2D eigenvalue weighted by Crippen LogP contribution is -2.37. The molecule has 1 aliphatic rings. The van der Waals surface area contributed by atoms with Crippen LogP contribution in [-0.2, 0) is 4.79 Å². The molecule has 0 aromatic carbocycles. The highest BCUT2D eigenvalue weighted by Gasteiger charge is 2.25. The minimum atomic E-state index is 0.245. The van der Waals surface area contributed by atoms with Crippen molar-refractivity contribution in [1.82, 2.24) is 5.32 Å². The highest BCUT2D eigenvalue weighted by atomic mass is 16.1. The molecule has 1 saturated carbocycles. The van der Waals surface area contributed by atoms with E-state index in [9.17, 15) is 4.79 Å². The summed E-state index contributed by atoms with van der Waals surface area (Å²) >= 11 is 0. The van der Waals surface area contributed by atoms with Crippen LogP contribution in [0.5, 0.6) is 0 Å². The van der Waals surface area contributed by atoms with Crippen LogP contribution in [0.2, 0.25) is 0 Å². The van der Waals surface area contributed by atoms with Crippen molar-refractivity contribution in [1.29, 1.82) is 0 Å². The summed E-state index contributed by atoms with van der Waals surface area (Å²) in [5, 5.41) is 3.18. The summed E-state index contributed by atoms with van der Waals surface area (Å²) in [6.07, 6.45) is 4.39. The summed E-state index contributed by atoms with van der Waals surface area (Å²) in [6.45, 7) is 8.75. The third kappa shape index (κ3) is 3.84. The quantitative estimate of drug-likeness (QED) is 0.761. The average Bonchev–Trinajstić information content (AvgIpc) is 2.51. The van der Waals surface area contributed by atoms with E-state index in [4.69, 9.17) is 0 Å².